The molecule has 2 heterocycles. The van der Waals surface area contributed by atoms with Crippen molar-refractivity contribution in [3.8, 4) is 6.07 Å². The lowest BCUT2D eigenvalue weighted by molar-refractivity contribution is 0.0363. The number of rotatable bonds is 3. The van der Waals surface area contributed by atoms with Crippen molar-refractivity contribution in [2.45, 2.75) is 25.8 Å². The maximum absolute atomic E-state index is 12.6. The Morgan fingerprint density at radius 3 is 2.04 bits per heavy atom. The second-order valence-electron chi connectivity index (χ2n) is 7.26. The molecule has 0 saturated carbocycles. The van der Waals surface area contributed by atoms with Crippen LogP contribution in [-0.2, 0) is 4.74 Å². The number of hydrogen-bond donors (Lipinski definition) is 0. The van der Waals surface area contributed by atoms with Gasteiger partial charge >= 0.3 is 6.03 Å². The molecule has 1 atom stereocenters. The Morgan fingerprint density at radius 2 is 1.50 bits per heavy atom. The van der Waals surface area contributed by atoms with E-state index < -0.39 is 0 Å². The van der Waals surface area contributed by atoms with Gasteiger partial charge in [0.05, 0.1) is 19.3 Å². The Hall–Kier alpha value is -2.10. The first-order chi connectivity index (χ1) is 12.6. The fourth-order valence-electron chi connectivity index (χ4n) is 3.56. The molecule has 0 spiro atoms. The summed E-state index contributed by atoms with van der Waals surface area (Å²) in [5.74, 6) is 0.485. The zero-order valence-electron chi connectivity index (χ0n) is 15.7. The summed E-state index contributed by atoms with van der Waals surface area (Å²) in [5, 5.41) is 9.69. The number of amides is 2. The van der Waals surface area contributed by atoms with E-state index in [0.29, 0.717) is 45.3 Å². The fraction of sp³-hybridized carbons (Fsp3) is 0.600. The van der Waals surface area contributed by atoms with E-state index in [1.807, 2.05) is 9.80 Å². The number of carbonyl (C=O) groups is 1. The molecule has 6 heteroatoms. The molecule has 0 N–H and O–H groups in total. The molecule has 3 rings (SSSR count). The summed E-state index contributed by atoms with van der Waals surface area (Å²) < 4.78 is 5.32. The molecule has 140 valence electrons. The third-order valence-corrected chi connectivity index (χ3v) is 5.27. The highest BCUT2D eigenvalue weighted by atomic mass is 16.5. The minimum atomic E-state index is -0.253. The van der Waals surface area contributed by atoms with Gasteiger partial charge in [0.25, 0.3) is 0 Å². The number of carbonyl (C=O) groups excluding carboxylic acids is 1. The van der Waals surface area contributed by atoms with Crippen LogP contribution >= 0.6 is 0 Å². The van der Waals surface area contributed by atoms with E-state index in [0.717, 1.165) is 18.7 Å². The molecule has 6 nitrogen and oxygen atoms in total. The van der Waals surface area contributed by atoms with E-state index in [-0.39, 0.29) is 12.1 Å². The van der Waals surface area contributed by atoms with Crippen molar-refractivity contribution in [2.75, 3.05) is 52.5 Å². The second-order valence-corrected chi connectivity index (χ2v) is 7.26. The molecule has 0 aromatic heterocycles. The predicted molar refractivity (Wildman–Crippen MR) is 99.8 cm³/mol. The normalized spacial score (nSPS) is 20.1. The first kappa shape index (κ1) is 18.7. The van der Waals surface area contributed by atoms with Crippen LogP contribution in [0, 0.1) is 11.3 Å². The summed E-state index contributed by atoms with van der Waals surface area (Å²) in [6.45, 7) is 9.69. The van der Waals surface area contributed by atoms with E-state index in [9.17, 15) is 10.1 Å². The van der Waals surface area contributed by atoms with Gasteiger partial charge in [-0.05, 0) is 17.0 Å². The van der Waals surface area contributed by atoms with E-state index >= 15 is 0 Å². The summed E-state index contributed by atoms with van der Waals surface area (Å²) in [4.78, 5) is 18.5. The van der Waals surface area contributed by atoms with Crippen LogP contribution in [0.4, 0.5) is 4.79 Å². The van der Waals surface area contributed by atoms with Gasteiger partial charge in [0.2, 0.25) is 0 Å². The monoisotopic (exact) mass is 356 g/mol. The maximum Gasteiger partial charge on any atom is 0.320 e. The number of benzene rings is 1. The van der Waals surface area contributed by atoms with E-state index in [1.165, 1.54) is 5.56 Å². The molecule has 2 fully saturated rings. The molecule has 0 aliphatic carbocycles. The highest BCUT2D eigenvalue weighted by molar-refractivity contribution is 5.74. The SMILES string of the molecule is CC(C)c1ccc(C(C#N)N2CCN(C(=O)N3CCOCC3)CC2)cc1. The lowest BCUT2D eigenvalue weighted by atomic mass is 9.98. The third-order valence-electron chi connectivity index (χ3n) is 5.27. The predicted octanol–water partition coefficient (Wildman–Crippen LogP) is 2.44. The van der Waals surface area contributed by atoms with Crippen LogP contribution in [-0.4, -0.2) is 73.2 Å². The molecule has 2 aliphatic rings. The number of nitriles is 1. The van der Waals surface area contributed by atoms with Gasteiger partial charge in [-0.25, -0.2) is 4.79 Å². The zero-order chi connectivity index (χ0) is 18.5. The minimum absolute atomic E-state index is 0.0998. The standard InChI is InChI=1S/C20H28N4O2/c1-16(2)17-3-5-18(6-4-17)19(15-21)22-7-9-23(10-8-22)20(25)24-11-13-26-14-12-24/h3-6,16,19H,7-14H2,1-2H3. The van der Waals surface area contributed by atoms with Crippen molar-refractivity contribution < 1.29 is 9.53 Å². The van der Waals surface area contributed by atoms with Gasteiger partial charge in [-0.15, -0.1) is 0 Å². The van der Waals surface area contributed by atoms with Crippen LogP contribution in [0.3, 0.4) is 0 Å². The Kier molecular flexibility index (Phi) is 6.12. The highest BCUT2D eigenvalue weighted by Crippen LogP contribution is 2.24. The number of morpholine rings is 1. The Labute approximate surface area is 155 Å². The van der Waals surface area contributed by atoms with Gasteiger partial charge in [0.15, 0.2) is 0 Å². The van der Waals surface area contributed by atoms with Gasteiger partial charge in [-0.3, -0.25) is 4.90 Å². The summed E-state index contributed by atoms with van der Waals surface area (Å²) >= 11 is 0. The third kappa shape index (κ3) is 4.17. The lowest BCUT2D eigenvalue weighted by Gasteiger charge is -2.39. The number of nitrogens with zero attached hydrogens (tertiary/aromatic N) is 4. The Morgan fingerprint density at radius 1 is 0.962 bits per heavy atom. The van der Waals surface area contributed by atoms with Crippen molar-refractivity contribution in [2.24, 2.45) is 0 Å². The Balaban J connectivity index is 1.59. The molecule has 2 amide bonds. The van der Waals surface area contributed by atoms with Gasteiger partial charge in [-0.2, -0.15) is 5.26 Å². The molecule has 0 radical (unpaired) electrons. The molecule has 2 aliphatic heterocycles. The van der Waals surface area contributed by atoms with Crippen LogP contribution in [0.25, 0.3) is 0 Å². The van der Waals surface area contributed by atoms with Crippen LogP contribution in [0.2, 0.25) is 0 Å². The summed E-state index contributed by atoms with van der Waals surface area (Å²) in [7, 11) is 0. The summed E-state index contributed by atoms with van der Waals surface area (Å²) in [6.07, 6.45) is 0. The van der Waals surface area contributed by atoms with Gasteiger partial charge < -0.3 is 14.5 Å². The van der Waals surface area contributed by atoms with Crippen molar-refractivity contribution in [1.29, 1.82) is 5.26 Å². The quantitative estimate of drug-likeness (QED) is 0.835. The van der Waals surface area contributed by atoms with Crippen LogP contribution in [0.15, 0.2) is 24.3 Å². The number of piperazine rings is 1. The smallest absolute Gasteiger partial charge is 0.320 e. The average Bonchev–Trinajstić information content (AvgIpc) is 2.69. The number of hydrogen-bond acceptors (Lipinski definition) is 4. The number of urea groups is 1. The maximum atomic E-state index is 12.6. The summed E-state index contributed by atoms with van der Waals surface area (Å²) in [5.41, 5.74) is 2.32. The molecular formula is C20H28N4O2. The summed E-state index contributed by atoms with van der Waals surface area (Å²) in [6, 6.07) is 10.6. The second kappa shape index (κ2) is 8.52. The van der Waals surface area contributed by atoms with E-state index in [2.05, 4.69) is 49.1 Å². The molecule has 1 aromatic rings. The lowest BCUT2D eigenvalue weighted by Crippen LogP contribution is -2.55. The van der Waals surface area contributed by atoms with E-state index in [4.69, 9.17) is 4.74 Å². The van der Waals surface area contributed by atoms with Crippen molar-refractivity contribution >= 4 is 6.03 Å². The first-order valence-electron chi connectivity index (χ1n) is 9.45. The van der Waals surface area contributed by atoms with Crippen molar-refractivity contribution in [3.63, 3.8) is 0 Å². The largest absolute Gasteiger partial charge is 0.378 e. The van der Waals surface area contributed by atoms with Gasteiger partial charge in [0, 0.05) is 39.3 Å². The molecule has 1 unspecified atom stereocenters. The molecule has 0 bridgehead atoms. The zero-order valence-corrected chi connectivity index (χ0v) is 15.7. The molecule has 2 saturated heterocycles. The van der Waals surface area contributed by atoms with Crippen LogP contribution in [0.1, 0.15) is 36.9 Å². The highest BCUT2D eigenvalue weighted by Gasteiger charge is 2.29. The number of ether oxygens (including phenoxy) is 1. The van der Waals surface area contributed by atoms with Crippen LogP contribution in [0.5, 0.6) is 0 Å². The van der Waals surface area contributed by atoms with Crippen molar-refractivity contribution in [1.82, 2.24) is 14.7 Å². The first-order valence-corrected chi connectivity index (χ1v) is 9.45. The Bertz CT molecular complexity index is 639. The molecular weight excluding hydrogens is 328 g/mol. The van der Waals surface area contributed by atoms with Crippen molar-refractivity contribution in [3.05, 3.63) is 35.4 Å². The average molecular weight is 356 g/mol. The molecule has 1 aromatic carbocycles. The van der Waals surface area contributed by atoms with Gasteiger partial charge in [0.1, 0.15) is 6.04 Å². The minimum Gasteiger partial charge on any atom is -0.378 e. The fourth-order valence-corrected chi connectivity index (χ4v) is 3.56. The topological polar surface area (TPSA) is 59.8 Å². The van der Waals surface area contributed by atoms with Crippen LogP contribution < -0.4 is 0 Å². The van der Waals surface area contributed by atoms with E-state index in [1.54, 1.807) is 0 Å². The van der Waals surface area contributed by atoms with Gasteiger partial charge in [-0.1, -0.05) is 38.1 Å². The molecule has 26 heavy (non-hydrogen) atoms.